The Bertz CT molecular complexity index is 386. The highest BCUT2D eigenvalue weighted by Crippen LogP contribution is 2.07. The van der Waals surface area contributed by atoms with Gasteiger partial charge in [0.2, 0.25) is 5.95 Å². The first-order valence-corrected chi connectivity index (χ1v) is 5.22. The maximum Gasteiger partial charge on any atom is 0.226 e. The molecule has 0 atom stereocenters. The number of hydrogen-bond donors (Lipinski definition) is 0. The molecule has 1 heterocycles. The molecular weight excluding hydrogens is 204 g/mol. The maximum absolute atomic E-state index is 8.80. The fourth-order valence-corrected chi connectivity index (χ4v) is 1.23. The van der Waals surface area contributed by atoms with Crippen LogP contribution >= 0.6 is 0 Å². The van der Waals surface area contributed by atoms with Gasteiger partial charge < -0.3 is 9.64 Å². The van der Waals surface area contributed by atoms with Gasteiger partial charge >= 0.3 is 0 Å². The minimum Gasteiger partial charge on any atom is -0.380 e. The van der Waals surface area contributed by atoms with Crippen molar-refractivity contribution in [3.8, 4) is 6.07 Å². The van der Waals surface area contributed by atoms with E-state index >= 15 is 0 Å². The van der Waals surface area contributed by atoms with E-state index in [4.69, 9.17) is 10.00 Å². The molecule has 0 N–H and O–H groups in total. The third kappa shape index (κ3) is 3.48. The molecule has 1 rings (SSSR count). The Morgan fingerprint density at radius 1 is 1.50 bits per heavy atom. The molecule has 0 aliphatic heterocycles. The van der Waals surface area contributed by atoms with Gasteiger partial charge in [0.05, 0.1) is 6.61 Å². The summed E-state index contributed by atoms with van der Waals surface area (Å²) in [5.41, 5.74) is 1.19. The van der Waals surface area contributed by atoms with Crippen LogP contribution < -0.4 is 4.90 Å². The Hall–Kier alpha value is -1.67. The number of nitrogens with zero attached hydrogens (tertiary/aromatic N) is 4. The van der Waals surface area contributed by atoms with Crippen LogP contribution in [0, 0.1) is 18.3 Å². The van der Waals surface area contributed by atoms with Crippen LogP contribution in [0.3, 0.4) is 0 Å². The molecule has 0 saturated heterocycles. The third-order valence-corrected chi connectivity index (χ3v) is 2.07. The summed E-state index contributed by atoms with van der Waals surface area (Å²) in [6.45, 7) is 5.85. The first kappa shape index (κ1) is 12.4. The summed E-state index contributed by atoms with van der Waals surface area (Å²) in [5, 5.41) is 8.80. The average molecular weight is 220 g/mol. The number of rotatable bonds is 5. The summed E-state index contributed by atoms with van der Waals surface area (Å²) >= 11 is 0. The summed E-state index contributed by atoms with van der Waals surface area (Å²) in [5.74, 6) is 0.566. The minimum absolute atomic E-state index is 0.394. The van der Waals surface area contributed by atoms with Crippen molar-refractivity contribution < 1.29 is 4.74 Å². The van der Waals surface area contributed by atoms with E-state index in [0.29, 0.717) is 31.4 Å². The van der Waals surface area contributed by atoms with Crippen LogP contribution in [0.1, 0.15) is 18.3 Å². The Labute approximate surface area is 95.7 Å². The highest BCUT2D eigenvalue weighted by molar-refractivity contribution is 5.34. The van der Waals surface area contributed by atoms with E-state index in [1.807, 2.05) is 31.9 Å². The van der Waals surface area contributed by atoms with Crippen LogP contribution in [0.2, 0.25) is 0 Å². The van der Waals surface area contributed by atoms with Gasteiger partial charge in [-0.25, -0.2) is 9.97 Å². The van der Waals surface area contributed by atoms with Gasteiger partial charge in [-0.05, 0) is 19.9 Å². The number of aromatic nitrogens is 2. The number of ether oxygens (including phenoxy) is 1. The number of anilines is 1. The van der Waals surface area contributed by atoms with Gasteiger partial charge in [-0.2, -0.15) is 5.26 Å². The summed E-state index contributed by atoms with van der Waals surface area (Å²) in [4.78, 5) is 10.3. The van der Waals surface area contributed by atoms with E-state index in [-0.39, 0.29) is 0 Å². The zero-order valence-electron chi connectivity index (χ0n) is 9.90. The zero-order chi connectivity index (χ0) is 12.0. The van der Waals surface area contributed by atoms with Crippen LogP contribution in [-0.2, 0) is 4.74 Å². The fraction of sp³-hybridized carbons (Fsp3) is 0.545. The summed E-state index contributed by atoms with van der Waals surface area (Å²) in [6.07, 6.45) is 0. The molecule has 0 aliphatic rings. The summed E-state index contributed by atoms with van der Waals surface area (Å²) in [6, 6.07) is 3.69. The van der Waals surface area contributed by atoms with Crippen LogP contribution in [-0.4, -0.2) is 36.8 Å². The van der Waals surface area contributed by atoms with Crippen LogP contribution in [0.5, 0.6) is 0 Å². The number of likely N-dealkylation sites (N-methyl/N-ethyl adjacent to an activating group) is 1. The molecule has 5 heteroatoms. The number of nitriles is 1. The van der Waals surface area contributed by atoms with Crippen LogP contribution in [0.25, 0.3) is 0 Å². The van der Waals surface area contributed by atoms with Crippen molar-refractivity contribution in [2.75, 3.05) is 31.7 Å². The van der Waals surface area contributed by atoms with Crippen LogP contribution in [0.4, 0.5) is 5.95 Å². The Morgan fingerprint density at radius 2 is 2.25 bits per heavy atom. The lowest BCUT2D eigenvalue weighted by molar-refractivity contribution is 0.154. The lowest BCUT2D eigenvalue weighted by atomic mass is 10.3. The second-order valence-corrected chi connectivity index (χ2v) is 3.42. The molecule has 0 aliphatic carbocycles. The molecule has 0 radical (unpaired) electrons. The highest BCUT2D eigenvalue weighted by Gasteiger charge is 2.06. The van der Waals surface area contributed by atoms with Gasteiger partial charge in [-0.3, -0.25) is 0 Å². The van der Waals surface area contributed by atoms with Crippen molar-refractivity contribution >= 4 is 5.95 Å². The quantitative estimate of drug-likeness (QED) is 0.696. The molecule has 0 fully saturated rings. The first-order chi connectivity index (χ1) is 7.67. The van der Waals surface area contributed by atoms with Gasteiger partial charge in [0.25, 0.3) is 0 Å². The van der Waals surface area contributed by atoms with E-state index in [1.165, 1.54) is 0 Å². The second kappa shape index (κ2) is 6.03. The molecule has 0 bridgehead atoms. The Balaban J connectivity index is 2.71. The number of hydrogen-bond acceptors (Lipinski definition) is 5. The molecule has 16 heavy (non-hydrogen) atoms. The molecule has 86 valence electrons. The minimum atomic E-state index is 0.394. The molecular formula is C11H16N4O. The molecule has 0 spiro atoms. The van der Waals surface area contributed by atoms with E-state index in [0.717, 1.165) is 5.69 Å². The fourth-order valence-electron chi connectivity index (χ4n) is 1.23. The van der Waals surface area contributed by atoms with Gasteiger partial charge in [-0.15, -0.1) is 0 Å². The van der Waals surface area contributed by atoms with Gasteiger partial charge in [0.15, 0.2) is 0 Å². The lowest BCUT2D eigenvalue weighted by Crippen LogP contribution is -2.25. The van der Waals surface area contributed by atoms with E-state index in [1.54, 1.807) is 6.07 Å². The molecule has 0 saturated carbocycles. The number of aryl methyl sites for hydroxylation is 1. The molecule has 0 unspecified atom stereocenters. The summed E-state index contributed by atoms with van der Waals surface area (Å²) < 4.78 is 5.25. The Morgan fingerprint density at radius 3 is 2.88 bits per heavy atom. The van der Waals surface area contributed by atoms with Gasteiger partial charge in [-0.1, -0.05) is 0 Å². The SMILES string of the molecule is CCOCCN(C)c1nc(C)cc(C#N)n1. The topological polar surface area (TPSA) is 62.0 Å². The monoisotopic (exact) mass is 220 g/mol. The van der Waals surface area contributed by atoms with Gasteiger partial charge in [0, 0.05) is 25.9 Å². The van der Waals surface area contributed by atoms with Crippen molar-refractivity contribution in [1.82, 2.24) is 9.97 Å². The van der Waals surface area contributed by atoms with Gasteiger partial charge in [0.1, 0.15) is 11.8 Å². The lowest BCUT2D eigenvalue weighted by Gasteiger charge is -2.17. The van der Waals surface area contributed by atoms with Crippen molar-refractivity contribution in [3.63, 3.8) is 0 Å². The van der Waals surface area contributed by atoms with E-state index in [9.17, 15) is 0 Å². The maximum atomic E-state index is 8.80. The van der Waals surface area contributed by atoms with Crippen molar-refractivity contribution in [2.24, 2.45) is 0 Å². The largest absolute Gasteiger partial charge is 0.380 e. The highest BCUT2D eigenvalue weighted by atomic mass is 16.5. The smallest absolute Gasteiger partial charge is 0.226 e. The van der Waals surface area contributed by atoms with Crippen molar-refractivity contribution in [3.05, 3.63) is 17.5 Å². The van der Waals surface area contributed by atoms with Crippen molar-refractivity contribution in [1.29, 1.82) is 5.26 Å². The Kier molecular flexibility index (Phi) is 4.67. The van der Waals surface area contributed by atoms with Crippen LogP contribution in [0.15, 0.2) is 6.07 Å². The second-order valence-electron chi connectivity index (χ2n) is 3.42. The van der Waals surface area contributed by atoms with Crippen molar-refractivity contribution in [2.45, 2.75) is 13.8 Å². The molecule has 0 aromatic carbocycles. The first-order valence-electron chi connectivity index (χ1n) is 5.22. The zero-order valence-corrected chi connectivity index (χ0v) is 9.90. The summed E-state index contributed by atoms with van der Waals surface area (Å²) in [7, 11) is 1.88. The molecule has 1 aromatic rings. The predicted molar refractivity (Wildman–Crippen MR) is 61.2 cm³/mol. The normalized spacial score (nSPS) is 9.88. The molecule has 1 aromatic heterocycles. The van der Waals surface area contributed by atoms with E-state index < -0.39 is 0 Å². The standard InChI is InChI=1S/C11H16N4O/c1-4-16-6-5-15(3)11-13-9(2)7-10(8-12)14-11/h7H,4-6H2,1-3H3. The molecule has 0 amide bonds. The van der Waals surface area contributed by atoms with E-state index in [2.05, 4.69) is 9.97 Å². The molecule has 5 nitrogen and oxygen atoms in total. The third-order valence-electron chi connectivity index (χ3n) is 2.07. The average Bonchev–Trinajstić information content (AvgIpc) is 2.28. The predicted octanol–water partition coefficient (Wildman–Crippen LogP) is 1.13.